The van der Waals surface area contributed by atoms with Gasteiger partial charge < -0.3 is 4.90 Å². The molecule has 1 heteroatoms. The van der Waals surface area contributed by atoms with Gasteiger partial charge in [-0.2, -0.15) is 0 Å². The maximum absolute atomic E-state index is 2.96. The molecule has 0 aromatic heterocycles. The molecule has 3 aliphatic rings. The molecule has 8 aromatic carbocycles. The number of benzene rings is 8. The molecule has 11 rings (SSSR count). The van der Waals surface area contributed by atoms with E-state index in [4.69, 9.17) is 0 Å². The van der Waals surface area contributed by atoms with E-state index in [9.17, 15) is 0 Å². The first kappa shape index (κ1) is 41.8. The maximum atomic E-state index is 2.96. The summed E-state index contributed by atoms with van der Waals surface area (Å²) in [6.45, 7) is 9.71. The van der Waals surface area contributed by atoms with Crippen molar-refractivity contribution in [1.82, 2.24) is 0 Å². The van der Waals surface area contributed by atoms with Gasteiger partial charge in [0.2, 0.25) is 0 Å². The number of hydrogen-bond donors (Lipinski definition) is 0. The lowest BCUT2D eigenvalue weighted by Crippen LogP contribution is -2.45. The third-order valence-electron chi connectivity index (χ3n) is 16.2. The molecule has 3 aliphatic carbocycles. The molecule has 65 heavy (non-hydrogen) atoms. The first-order valence-corrected chi connectivity index (χ1v) is 25.3. The van der Waals surface area contributed by atoms with Crippen molar-refractivity contribution in [3.63, 3.8) is 0 Å². The van der Waals surface area contributed by atoms with Crippen LogP contribution < -0.4 is 4.90 Å². The highest BCUT2D eigenvalue weighted by Crippen LogP contribution is 2.56. The van der Waals surface area contributed by atoms with Crippen LogP contribution in [0.2, 0.25) is 0 Å². The van der Waals surface area contributed by atoms with Crippen LogP contribution in [0.1, 0.15) is 138 Å². The average molecular weight is 848 g/mol. The third-order valence-corrected chi connectivity index (χ3v) is 16.2. The van der Waals surface area contributed by atoms with Crippen LogP contribution in [0.15, 0.2) is 146 Å². The topological polar surface area (TPSA) is 3.24 Å². The summed E-state index contributed by atoms with van der Waals surface area (Å²) in [6, 6.07) is 57.0. The summed E-state index contributed by atoms with van der Waals surface area (Å²) in [5.74, 6) is 0.389. The summed E-state index contributed by atoms with van der Waals surface area (Å²) in [4.78, 5) is 2.96. The van der Waals surface area contributed by atoms with Crippen LogP contribution in [0.5, 0.6) is 0 Å². The quantitative estimate of drug-likeness (QED) is 0.0979. The van der Waals surface area contributed by atoms with Gasteiger partial charge in [-0.05, 0) is 156 Å². The van der Waals surface area contributed by atoms with Crippen LogP contribution >= 0.6 is 0 Å². The highest BCUT2D eigenvalue weighted by atomic mass is 15.2. The zero-order valence-electron chi connectivity index (χ0n) is 39.2. The van der Waals surface area contributed by atoms with Gasteiger partial charge in [-0.15, -0.1) is 0 Å². The lowest BCUT2D eigenvalue weighted by molar-refractivity contribution is 0.339. The van der Waals surface area contributed by atoms with E-state index >= 15 is 0 Å². The molecular weight excluding hydrogens is 783 g/mol. The van der Waals surface area contributed by atoms with Gasteiger partial charge in [-0.3, -0.25) is 0 Å². The van der Waals surface area contributed by atoms with Gasteiger partial charge in [0.15, 0.2) is 0 Å². The molecule has 0 spiro atoms. The summed E-state index contributed by atoms with van der Waals surface area (Å²) in [7, 11) is 0. The monoisotopic (exact) mass is 848 g/mol. The minimum Gasteiger partial charge on any atom is -0.366 e. The molecule has 326 valence electrons. The normalized spacial score (nSPS) is 16.5. The van der Waals surface area contributed by atoms with Crippen molar-refractivity contribution in [2.75, 3.05) is 4.90 Å². The van der Waals surface area contributed by atoms with Gasteiger partial charge in [0.1, 0.15) is 0 Å². The van der Waals surface area contributed by atoms with Crippen LogP contribution in [0, 0.1) is 0 Å². The molecule has 0 aliphatic heterocycles. The van der Waals surface area contributed by atoms with E-state index in [1.54, 1.807) is 5.56 Å². The molecule has 2 saturated carbocycles. The van der Waals surface area contributed by atoms with Crippen LogP contribution in [-0.2, 0) is 5.41 Å². The van der Waals surface area contributed by atoms with Gasteiger partial charge in [0, 0.05) is 23.2 Å². The van der Waals surface area contributed by atoms with Gasteiger partial charge in [0.25, 0.3) is 0 Å². The van der Waals surface area contributed by atoms with E-state index in [0.717, 1.165) is 12.8 Å². The Bertz CT molecular complexity index is 3030. The highest BCUT2D eigenvalue weighted by Gasteiger charge is 2.43. The Hall–Kier alpha value is -5.92. The Kier molecular flexibility index (Phi) is 11.2. The van der Waals surface area contributed by atoms with Gasteiger partial charge in [-0.25, -0.2) is 0 Å². The smallest absolute Gasteiger partial charge is 0.0374 e. The summed E-state index contributed by atoms with van der Waals surface area (Å²) in [5.41, 5.74) is 16.6. The number of anilines is 1. The van der Waals surface area contributed by atoms with Gasteiger partial charge >= 0.3 is 0 Å². The largest absolute Gasteiger partial charge is 0.366 e. The van der Waals surface area contributed by atoms with Crippen LogP contribution in [0.4, 0.5) is 5.69 Å². The van der Waals surface area contributed by atoms with E-state index in [-0.39, 0.29) is 5.41 Å². The summed E-state index contributed by atoms with van der Waals surface area (Å²) < 4.78 is 0. The van der Waals surface area contributed by atoms with Crippen molar-refractivity contribution in [2.45, 2.75) is 128 Å². The molecular formula is C64H65N. The molecule has 0 saturated heterocycles. The number of rotatable bonds is 10. The molecule has 0 heterocycles. The van der Waals surface area contributed by atoms with Crippen LogP contribution in [0.3, 0.4) is 0 Å². The Morgan fingerprint density at radius 2 is 1.06 bits per heavy atom. The summed E-state index contributed by atoms with van der Waals surface area (Å²) >= 11 is 0. The Labute approximate surface area is 388 Å². The number of hydrogen-bond acceptors (Lipinski definition) is 1. The predicted molar refractivity (Wildman–Crippen MR) is 282 cm³/mol. The van der Waals surface area contributed by atoms with E-state index in [1.807, 2.05) is 0 Å². The molecule has 0 radical (unpaired) electrons. The first-order valence-electron chi connectivity index (χ1n) is 25.3. The molecule has 8 aromatic rings. The SMILES string of the molecule is CCC1(CC)c2cc(N(C3CCCCC3)C3CCCCC3)ccc2-c2c(C(C)C)cc(C=Cc3cc(-c4ccccc4)c4c5ccccc5c5ccccc5c4c3-c3ccccc3)cc21. The molecule has 2 fully saturated rings. The minimum absolute atomic E-state index is 0.0302. The second-order valence-corrected chi connectivity index (χ2v) is 20.0. The van der Waals surface area contributed by atoms with Crippen LogP contribution in [-0.4, -0.2) is 12.1 Å². The van der Waals surface area contributed by atoms with Crippen LogP contribution in [0.25, 0.3) is 77.9 Å². The molecule has 1 nitrogen and oxygen atoms in total. The molecule has 0 bridgehead atoms. The van der Waals surface area contributed by atoms with E-state index in [2.05, 4.69) is 190 Å². The fraction of sp³-hybridized carbons (Fsp3) is 0.312. The Morgan fingerprint density at radius 3 is 1.65 bits per heavy atom. The highest BCUT2D eigenvalue weighted by molar-refractivity contribution is 6.32. The Morgan fingerprint density at radius 1 is 0.508 bits per heavy atom. The van der Waals surface area contributed by atoms with Crippen molar-refractivity contribution >= 4 is 50.2 Å². The van der Waals surface area contributed by atoms with Gasteiger partial charge in [0.05, 0.1) is 0 Å². The maximum Gasteiger partial charge on any atom is 0.0374 e. The fourth-order valence-corrected chi connectivity index (χ4v) is 13.0. The molecule has 0 N–H and O–H groups in total. The van der Waals surface area contributed by atoms with E-state index in [1.165, 1.54) is 158 Å². The summed E-state index contributed by atoms with van der Waals surface area (Å²) in [5, 5.41) is 7.83. The van der Waals surface area contributed by atoms with Crippen molar-refractivity contribution in [2.24, 2.45) is 0 Å². The second kappa shape index (κ2) is 17.5. The molecule has 0 unspecified atom stereocenters. The standard InChI is InChI=1S/C64H65N/c1-5-64(6-2)58-42-50(65(48-27-15-9-16-28-48)49-29-17-10-18-30-49)37-38-55(58)61-56(43(3)4)39-44(40-59(61)64)35-36-47-41-57(45-23-11-7-12-24-45)62-53-33-21-19-31-51(53)52-32-20-22-34-54(52)63(62)60(47)46-25-13-8-14-26-46/h7-8,11-14,19-26,31-43,48-49H,5-6,9-10,15-18,27-30H2,1-4H3. The van der Waals surface area contributed by atoms with Crippen molar-refractivity contribution in [3.8, 4) is 33.4 Å². The first-order chi connectivity index (χ1) is 32.0. The lowest BCUT2D eigenvalue weighted by Gasteiger charge is -2.44. The fourth-order valence-electron chi connectivity index (χ4n) is 13.0. The van der Waals surface area contributed by atoms with Gasteiger partial charge in [-0.1, -0.05) is 206 Å². The van der Waals surface area contributed by atoms with Crippen molar-refractivity contribution in [1.29, 1.82) is 0 Å². The number of fused-ring (bicyclic) bond motifs is 9. The van der Waals surface area contributed by atoms with E-state index in [0.29, 0.717) is 18.0 Å². The van der Waals surface area contributed by atoms with E-state index < -0.39 is 0 Å². The minimum atomic E-state index is -0.0302. The summed E-state index contributed by atoms with van der Waals surface area (Å²) in [6.07, 6.45) is 20.7. The Balaban J connectivity index is 1.11. The second-order valence-electron chi connectivity index (χ2n) is 20.0. The molecule has 0 atom stereocenters. The third kappa shape index (κ3) is 7.13. The van der Waals surface area contributed by atoms with Crippen molar-refractivity contribution < 1.29 is 0 Å². The average Bonchev–Trinajstić information content (AvgIpc) is 3.65. The number of nitrogens with zero attached hydrogens (tertiary/aromatic N) is 1. The lowest BCUT2D eigenvalue weighted by atomic mass is 9.73. The predicted octanol–water partition coefficient (Wildman–Crippen LogP) is 18.3. The molecule has 0 amide bonds. The van der Waals surface area contributed by atoms with Crippen molar-refractivity contribution in [3.05, 3.63) is 173 Å². The zero-order chi connectivity index (χ0) is 44.1. The zero-order valence-corrected chi connectivity index (χ0v) is 39.2.